The minimum Gasteiger partial charge on any atom is -0.492 e. The Morgan fingerprint density at radius 2 is 1.87 bits per heavy atom. The fourth-order valence-electron chi connectivity index (χ4n) is 2.89. The Balaban J connectivity index is 2.11. The van der Waals surface area contributed by atoms with Crippen molar-refractivity contribution in [2.75, 3.05) is 13.7 Å². The van der Waals surface area contributed by atoms with Crippen molar-refractivity contribution in [3.63, 3.8) is 0 Å². The summed E-state index contributed by atoms with van der Waals surface area (Å²) in [7, 11) is 1.14. The zero-order chi connectivity index (χ0) is 22.2. The number of carbonyl (C=O) groups excluding carboxylic acids is 2. The fraction of sp³-hybridized carbons (Fsp3) is 0.211. The third-order valence-corrected chi connectivity index (χ3v) is 4.79. The van der Waals surface area contributed by atoms with Crippen LogP contribution >= 0.6 is 23.2 Å². The Kier molecular flexibility index (Phi) is 6.05. The van der Waals surface area contributed by atoms with E-state index >= 15 is 0 Å². The van der Waals surface area contributed by atoms with Crippen LogP contribution in [0, 0.1) is 5.82 Å². The quantitative estimate of drug-likeness (QED) is 0.208. The third kappa shape index (κ3) is 4.13. The van der Waals surface area contributed by atoms with Gasteiger partial charge in [-0.3, -0.25) is 9.78 Å². The topological polar surface area (TPSA) is 65.5 Å². The summed E-state index contributed by atoms with van der Waals surface area (Å²) in [4.78, 5) is 28.3. The number of hydrogen-bond acceptors (Lipinski definition) is 5. The van der Waals surface area contributed by atoms with Gasteiger partial charge in [-0.05, 0) is 17.7 Å². The van der Waals surface area contributed by atoms with Gasteiger partial charge in [-0.25, -0.2) is 9.18 Å². The van der Waals surface area contributed by atoms with Crippen LogP contribution in [0.5, 0.6) is 5.75 Å². The van der Waals surface area contributed by atoms with Gasteiger partial charge in [-0.2, -0.15) is 13.2 Å². The molecule has 0 saturated heterocycles. The second-order valence-electron chi connectivity index (χ2n) is 6.09. The molecule has 0 amide bonds. The maximum absolute atomic E-state index is 13.6. The average Bonchev–Trinajstić information content (AvgIpc) is 3.17. The maximum atomic E-state index is 13.6. The standard InChI is InChI=1S/C19H11Cl2F4NO4/c1-29-18(28)10-7-26-16(9-2-3-30-17(9)10)14(27)6-11(19(23,24)25)8-4-12(20)15(22)13(21)5-8/h4-7H,2-3H2,1H3/b11-6-. The van der Waals surface area contributed by atoms with Crippen molar-refractivity contribution in [3.8, 4) is 5.75 Å². The Hall–Kier alpha value is -2.65. The molecule has 0 aliphatic carbocycles. The lowest BCUT2D eigenvalue weighted by molar-refractivity contribution is -0.0689. The molecule has 11 heteroatoms. The third-order valence-electron chi connectivity index (χ3n) is 4.24. The smallest absolute Gasteiger partial charge is 0.417 e. The molecule has 2 heterocycles. The molecule has 1 aromatic carbocycles. The van der Waals surface area contributed by atoms with Crippen molar-refractivity contribution in [3.05, 3.63) is 62.7 Å². The Morgan fingerprint density at radius 1 is 1.23 bits per heavy atom. The molecule has 0 saturated carbocycles. The highest BCUT2D eigenvalue weighted by atomic mass is 35.5. The summed E-state index contributed by atoms with van der Waals surface area (Å²) in [6.07, 6.45) is -3.50. The number of ether oxygens (including phenoxy) is 2. The predicted octanol–water partition coefficient (Wildman–Crippen LogP) is 5.08. The Labute approximate surface area is 177 Å². The first-order valence-corrected chi connectivity index (χ1v) is 9.01. The average molecular weight is 464 g/mol. The van der Waals surface area contributed by atoms with Crippen LogP contribution in [0.15, 0.2) is 24.4 Å². The van der Waals surface area contributed by atoms with Crippen LogP contribution in [-0.2, 0) is 11.2 Å². The van der Waals surface area contributed by atoms with E-state index in [2.05, 4.69) is 9.72 Å². The number of methoxy groups -OCH3 is 1. The minimum atomic E-state index is -4.98. The number of nitrogens with zero attached hydrogens (tertiary/aromatic N) is 1. The van der Waals surface area contributed by atoms with Crippen LogP contribution in [0.2, 0.25) is 10.0 Å². The van der Waals surface area contributed by atoms with E-state index in [4.69, 9.17) is 27.9 Å². The van der Waals surface area contributed by atoms with E-state index in [1.807, 2.05) is 0 Å². The first-order chi connectivity index (χ1) is 14.0. The van der Waals surface area contributed by atoms with Crippen LogP contribution in [0.4, 0.5) is 17.6 Å². The van der Waals surface area contributed by atoms with E-state index < -0.39 is 44.9 Å². The summed E-state index contributed by atoms with van der Waals surface area (Å²) < 4.78 is 64.4. The van der Waals surface area contributed by atoms with E-state index in [1.54, 1.807) is 0 Å². The Morgan fingerprint density at radius 3 is 2.43 bits per heavy atom. The number of pyridine rings is 1. The normalized spacial score (nSPS) is 13.6. The van der Waals surface area contributed by atoms with Crippen molar-refractivity contribution in [1.29, 1.82) is 0 Å². The van der Waals surface area contributed by atoms with Crippen molar-refractivity contribution in [2.24, 2.45) is 0 Å². The number of hydrogen-bond donors (Lipinski definition) is 0. The van der Waals surface area contributed by atoms with Crippen LogP contribution in [0.25, 0.3) is 5.57 Å². The van der Waals surface area contributed by atoms with E-state index in [0.717, 1.165) is 25.4 Å². The van der Waals surface area contributed by atoms with E-state index in [-0.39, 0.29) is 35.6 Å². The van der Waals surface area contributed by atoms with E-state index in [1.165, 1.54) is 0 Å². The van der Waals surface area contributed by atoms with Crippen molar-refractivity contribution in [1.82, 2.24) is 4.98 Å². The van der Waals surface area contributed by atoms with E-state index in [0.29, 0.717) is 6.08 Å². The number of esters is 1. The van der Waals surface area contributed by atoms with Gasteiger partial charge in [0.15, 0.2) is 5.82 Å². The maximum Gasteiger partial charge on any atom is 0.417 e. The van der Waals surface area contributed by atoms with Crippen molar-refractivity contribution < 1.29 is 36.6 Å². The molecule has 0 N–H and O–H groups in total. The van der Waals surface area contributed by atoms with Gasteiger partial charge in [0.25, 0.3) is 0 Å². The summed E-state index contributed by atoms with van der Waals surface area (Å²) >= 11 is 11.2. The second-order valence-corrected chi connectivity index (χ2v) is 6.91. The van der Waals surface area contributed by atoms with Crippen LogP contribution < -0.4 is 4.74 Å². The molecule has 158 valence electrons. The number of halogens is 6. The Bertz CT molecular complexity index is 1060. The summed E-state index contributed by atoms with van der Waals surface area (Å²) in [6, 6.07) is 1.44. The van der Waals surface area contributed by atoms with Crippen LogP contribution in [-0.4, -0.2) is 36.6 Å². The number of fused-ring (bicyclic) bond motifs is 1. The predicted molar refractivity (Wildman–Crippen MR) is 99.6 cm³/mol. The molecule has 30 heavy (non-hydrogen) atoms. The lowest BCUT2D eigenvalue weighted by atomic mass is 10.00. The number of carbonyl (C=O) groups is 2. The molecule has 0 unspecified atom stereocenters. The zero-order valence-corrected chi connectivity index (χ0v) is 16.6. The van der Waals surface area contributed by atoms with Crippen molar-refractivity contribution in [2.45, 2.75) is 12.6 Å². The van der Waals surface area contributed by atoms with Crippen LogP contribution in [0.3, 0.4) is 0 Å². The molecule has 3 rings (SSSR count). The van der Waals surface area contributed by atoms with Crippen molar-refractivity contribution >= 4 is 40.5 Å². The van der Waals surface area contributed by atoms with E-state index in [9.17, 15) is 27.2 Å². The lowest BCUT2D eigenvalue weighted by Crippen LogP contribution is -2.14. The lowest BCUT2D eigenvalue weighted by Gasteiger charge is -2.14. The van der Waals surface area contributed by atoms with Gasteiger partial charge >= 0.3 is 12.1 Å². The second kappa shape index (κ2) is 8.23. The van der Waals surface area contributed by atoms with Gasteiger partial charge in [-0.1, -0.05) is 23.2 Å². The first kappa shape index (κ1) is 22.0. The van der Waals surface area contributed by atoms with Gasteiger partial charge in [0.2, 0.25) is 5.78 Å². The molecule has 0 fully saturated rings. The molecule has 0 bridgehead atoms. The van der Waals surface area contributed by atoms with Gasteiger partial charge in [-0.15, -0.1) is 0 Å². The summed E-state index contributed by atoms with van der Waals surface area (Å²) in [5.41, 5.74) is -2.14. The highest BCUT2D eigenvalue weighted by Crippen LogP contribution is 2.38. The number of rotatable bonds is 4. The van der Waals surface area contributed by atoms with Gasteiger partial charge in [0.1, 0.15) is 17.0 Å². The molecule has 1 aliphatic rings. The highest BCUT2D eigenvalue weighted by Gasteiger charge is 2.37. The molecule has 1 aliphatic heterocycles. The largest absolute Gasteiger partial charge is 0.492 e. The summed E-state index contributed by atoms with van der Waals surface area (Å²) in [6.45, 7) is 0.115. The number of benzene rings is 1. The zero-order valence-electron chi connectivity index (χ0n) is 15.1. The fourth-order valence-corrected chi connectivity index (χ4v) is 3.38. The molecule has 5 nitrogen and oxygen atoms in total. The molecular weight excluding hydrogens is 453 g/mol. The first-order valence-electron chi connectivity index (χ1n) is 8.25. The molecular formula is C19H11Cl2F4NO4. The molecule has 2 aromatic rings. The van der Waals surface area contributed by atoms with Crippen LogP contribution in [0.1, 0.15) is 32.0 Å². The number of aromatic nitrogens is 1. The number of allylic oxidation sites excluding steroid dienone is 2. The molecule has 0 spiro atoms. The number of ketones is 1. The SMILES string of the molecule is COC(=O)c1cnc(C(=O)/C=C(/c2cc(Cl)c(F)c(Cl)c2)C(F)(F)F)c2c1OCC2. The number of alkyl halides is 3. The van der Waals surface area contributed by atoms with Gasteiger partial charge in [0, 0.05) is 24.3 Å². The summed E-state index contributed by atoms with van der Waals surface area (Å²) in [5.74, 6) is -2.89. The minimum absolute atomic E-state index is 0.0371. The monoisotopic (exact) mass is 463 g/mol. The molecule has 1 aromatic heterocycles. The van der Waals surface area contributed by atoms with Gasteiger partial charge in [0.05, 0.1) is 29.3 Å². The van der Waals surface area contributed by atoms with Gasteiger partial charge < -0.3 is 9.47 Å². The highest BCUT2D eigenvalue weighted by molar-refractivity contribution is 6.35. The summed E-state index contributed by atoms with van der Waals surface area (Å²) in [5, 5.41) is -1.26. The molecule has 0 atom stereocenters. The molecule has 0 radical (unpaired) electrons.